The van der Waals surface area contributed by atoms with E-state index in [4.69, 9.17) is 14.5 Å². The van der Waals surface area contributed by atoms with Gasteiger partial charge in [-0.2, -0.15) is 0 Å². The van der Waals surface area contributed by atoms with Crippen molar-refractivity contribution in [2.24, 2.45) is 0 Å². The quantitative estimate of drug-likeness (QED) is 0.396. The van der Waals surface area contributed by atoms with Crippen LogP contribution in [0, 0.1) is 0 Å². The minimum Gasteiger partial charge on any atom is -0.446 e. The van der Waals surface area contributed by atoms with Gasteiger partial charge in [-0.3, -0.25) is 4.79 Å². The summed E-state index contributed by atoms with van der Waals surface area (Å²) in [6.07, 6.45) is 7.84. The van der Waals surface area contributed by atoms with Crippen LogP contribution < -0.4 is 10.6 Å². The van der Waals surface area contributed by atoms with Crippen LogP contribution in [-0.2, 0) is 14.3 Å². The molecule has 0 atom stereocenters. The molecule has 3 aliphatic heterocycles. The van der Waals surface area contributed by atoms with Gasteiger partial charge in [-0.25, -0.2) is 19.2 Å². The van der Waals surface area contributed by atoms with Crippen molar-refractivity contribution in [2.75, 3.05) is 77.3 Å². The number of fused-ring (bicyclic) bond motifs is 1. The molecule has 0 spiro atoms. The van der Waals surface area contributed by atoms with E-state index < -0.39 is 11.8 Å². The Balaban J connectivity index is 1.12. The van der Waals surface area contributed by atoms with Crippen molar-refractivity contribution in [2.45, 2.75) is 63.3 Å². The summed E-state index contributed by atoms with van der Waals surface area (Å²) in [5, 5.41) is 7.25. The van der Waals surface area contributed by atoms with Gasteiger partial charge in [0.2, 0.25) is 5.91 Å². The number of imidazole rings is 1. The van der Waals surface area contributed by atoms with Crippen LogP contribution in [0.25, 0.3) is 11.2 Å². The Bertz CT molecular complexity index is 1290. The average molecular weight is 601 g/mol. The van der Waals surface area contributed by atoms with E-state index in [1.807, 2.05) is 31.4 Å². The van der Waals surface area contributed by atoms with E-state index in [1.54, 1.807) is 11.0 Å². The highest BCUT2D eigenvalue weighted by Crippen LogP contribution is 2.30. The fourth-order valence-electron chi connectivity index (χ4n) is 5.68. The molecule has 43 heavy (non-hydrogen) atoms. The van der Waals surface area contributed by atoms with Crippen LogP contribution in [-0.4, -0.2) is 126 Å². The summed E-state index contributed by atoms with van der Waals surface area (Å²) in [6, 6.07) is 2.69. The number of pyridine rings is 1. The van der Waals surface area contributed by atoms with Gasteiger partial charge in [0.15, 0.2) is 11.3 Å². The molecule has 3 aliphatic rings. The highest BCUT2D eigenvalue weighted by Gasteiger charge is 2.46. The number of alkyl halides is 1. The third kappa shape index (κ3) is 7.74. The molecule has 2 N–H and O–H groups in total. The summed E-state index contributed by atoms with van der Waals surface area (Å²) in [7, 11) is 3.81. The standard InChI is InChI=1S/C30H45FN8O4/c1-21(2)39-20-32-27-24(16-25(35-28(27)39)34-23-9-14-42-15-10-23)33-22-7-12-37(13-8-22)29(41)43-19-30(31)17-38(18-30)26(40)6-5-11-36(3)4/h5-6,16,20-23H,7-15,17-19H2,1-4H3,(H2,33,34,35)/b6-5+. The molecule has 2 amide bonds. The van der Waals surface area contributed by atoms with Crippen LogP contribution in [0.1, 0.15) is 45.6 Å². The van der Waals surface area contributed by atoms with Crippen molar-refractivity contribution >= 4 is 34.7 Å². The number of amides is 2. The van der Waals surface area contributed by atoms with Gasteiger partial charge < -0.3 is 39.4 Å². The van der Waals surface area contributed by atoms with Crippen molar-refractivity contribution < 1.29 is 23.5 Å². The zero-order valence-corrected chi connectivity index (χ0v) is 25.7. The maximum atomic E-state index is 15.0. The molecule has 0 radical (unpaired) electrons. The van der Waals surface area contributed by atoms with Crippen LogP contribution in [0.15, 0.2) is 24.5 Å². The van der Waals surface area contributed by atoms with Crippen LogP contribution >= 0.6 is 0 Å². The number of likely N-dealkylation sites (N-methyl/N-ethyl adjacent to an activating group) is 1. The van der Waals surface area contributed by atoms with Crippen molar-refractivity contribution in [1.29, 1.82) is 0 Å². The Morgan fingerprint density at radius 3 is 2.51 bits per heavy atom. The van der Waals surface area contributed by atoms with E-state index in [0.29, 0.717) is 25.7 Å². The molecule has 3 saturated heterocycles. The second-order valence-electron chi connectivity index (χ2n) is 12.5. The van der Waals surface area contributed by atoms with E-state index in [-0.39, 0.29) is 37.7 Å². The molecule has 3 fully saturated rings. The number of ether oxygens (including phenoxy) is 2. The van der Waals surface area contributed by atoms with Gasteiger partial charge in [-0.15, -0.1) is 0 Å². The predicted octanol–water partition coefficient (Wildman–Crippen LogP) is 3.28. The third-order valence-corrected chi connectivity index (χ3v) is 8.22. The first-order chi connectivity index (χ1) is 20.6. The molecule has 0 unspecified atom stereocenters. The van der Waals surface area contributed by atoms with E-state index in [9.17, 15) is 9.59 Å². The molecule has 0 saturated carbocycles. The van der Waals surface area contributed by atoms with Gasteiger partial charge in [0.05, 0.1) is 25.1 Å². The Morgan fingerprint density at radius 1 is 1.14 bits per heavy atom. The Labute approximate surface area is 252 Å². The first-order valence-electron chi connectivity index (χ1n) is 15.3. The number of likely N-dealkylation sites (tertiary alicyclic amines) is 2. The molecule has 12 nitrogen and oxygen atoms in total. The molecule has 236 valence electrons. The lowest BCUT2D eigenvalue weighted by atomic mass is 9.97. The molecule has 13 heteroatoms. The fraction of sp³-hybridized carbons (Fsp3) is 0.667. The number of piperidine rings is 1. The van der Waals surface area contributed by atoms with Gasteiger partial charge in [-0.1, -0.05) is 6.08 Å². The molecule has 2 aromatic rings. The van der Waals surface area contributed by atoms with Gasteiger partial charge in [0.25, 0.3) is 0 Å². The van der Waals surface area contributed by atoms with E-state index in [1.165, 1.54) is 11.0 Å². The van der Waals surface area contributed by atoms with Crippen LogP contribution in [0.3, 0.4) is 0 Å². The van der Waals surface area contributed by atoms with Gasteiger partial charge >= 0.3 is 6.09 Å². The Kier molecular flexibility index (Phi) is 9.70. The number of carbonyl (C=O) groups is 2. The number of hydrogen-bond acceptors (Lipinski definition) is 9. The van der Waals surface area contributed by atoms with Crippen molar-refractivity contribution in [3.63, 3.8) is 0 Å². The molecular formula is C30H45FN8O4. The normalized spacial score (nSPS) is 19.8. The lowest BCUT2D eigenvalue weighted by Crippen LogP contribution is -2.63. The SMILES string of the molecule is CC(C)n1cnc2c(NC3CCN(C(=O)OCC4(F)CN(C(=O)/C=C/CN(C)C)C4)CC3)cc(NC3CCOCC3)nc21. The molecular weight excluding hydrogens is 555 g/mol. The average Bonchev–Trinajstić information content (AvgIpc) is 3.40. The van der Waals surface area contributed by atoms with Crippen molar-refractivity contribution in [3.05, 3.63) is 24.5 Å². The van der Waals surface area contributed by atoms with Gasteiger partial charge in [-0.05, 0) is 53.6 Å². The molecule has 5 rings (SSSR count). The lowest BCUT2D eigenvalue weighted by Gasteiger charge is -2.43. The van der Waals surface area contributed by atoms with Gasteiger partial charge in [0, 0.05) is 63.1 Å². The van der Waals surface area contributed by atoms with E-state index in [0.717, 1.165) is 61.6 Å². The maximum absolute atomic E-state index is 15.0. The number of hydrogen-bond donors (Lipinski definition) is 2. The zero-order valence-electron chi connectivity index (χ0n) is 25.7. The molecule has 2 aromatic heterocycles. The smallest absolute Gasteiger partial charge is 0.409 e. The molecule has 5 heterocycles. The van der Waals surface area contributed by atoms with Crippen LogP contribution in [0.2, 0.25) is 0 Å². The number of carbonyl (C=O) groups excluding carboxylic acids is 2. The second kappa shape index (κ2) is 13.5. The summed E-state index contributed by atoms with van der Waals surface area (Å²) >= 11 is 0. The summed E-state index contributed by atoms with van der Waals surface area (Å²) in [4.78, 5) is 39.5. The minimum absolute atomic E-state index is 0.0737. The van der Waals surface area contributed by atoms with Crippen molar-refractivity contribution in [1.82, 2.24) is 29.2 Å². The molecule has 0 bridgehead atoms. The largest absolute Gasteiger partial charge is 0.446 e. The Morgan fingerprint density at radius 2 is 1.84 bits per heavy atom. The fourth-order valence-corrected chi connectivity index (χ4v) is 5.68. The third-order valence-electron chi connectivity index (χ3n) is 8.22. The van der Waals surface area contributed by atoms with Crippen LogP contribution in [0.5, 0.6) is 0 Å². The minimum atomic E-state index is -1.71. The second-order valence-corrected chi connectivity index (χ2v) is 12.5. The maximum Gasteiger partial charge on any atom is 0.409 e. The molecule has 0 aromatic carbocycles. The number of halogens is 1. The summed E-state index contributed by atoms with van der Waals surface area (Å²) in [5.41, 5.74) is 0.863. The number of aromatic nitrogens is 3. The van der Waals surface area contributed by atoms with Gasteiger partial charge in [0.1, 0.15) is 17.9 Å². The highest BCUT2D eigenvalue weighted by molar-refractivity contribution is 5.89. The zero-order chi connectivity index (χ0) is 30.6. The lowest BCUT2D eigenvalue weighted by molar-refractivity contribution is -0.143. The Hall–Kier alpha value is -3.45. The van der Waals surface area contributed by atoms with E-state index in [2.05, 4.69) is 34.0 Å². The monoisotopic (exact) mass is 600 g/mol. The molecule has 0 aliphatic carbocycles. The first-order valence-corrected chi connectivity index (χ1v) is 15.3. The summed E-state index contributed by atoms with van der Waals surface area (Å²) in [6.45, 7) is 6.84. The number of anilines is 2. The highest BCUT2D eigenvalue weighted by atomic mass is 19.1. The topological polar surface area (TPSA) is 117 Å². The number of nitrogens with one attached hydrogen (secondary N) is 2. The van der Waals surface area contributed by atoms with Crippen LogP contribution in [0.4, 0.5) is 20.7 Å². The van der Waals surface area contributed by atoms with Crippen molar-refractivity contribution in [3.8, 4) is 0 Å². The predicted molar refractivity (Wildman–Crippen MR) is 163 cm³/mol. The van der Waals surface area contributed by atoms with E-state index >= 15 is 4.39 Å². The summed E-state index contributed by atoms with van der Waals surface area (Å²) < 4.78 is 27.9. The summed E-state index contributed by atoms with van der Waals surface area (Å²) in [5.74, 6) is 0.580. The number of rotatable bonds is 10. The number of nitrogens with zero attached hydrogens (tertiary/aromatic N) is 6. The first kappa shape index (κ1) is 31.0.